The van der Waals surface area contributed by atoms with Crippen molar-refractivity contribution in [3.05, 3.63) is 18.0 Å². The molecule has 1 aromatic rings. The van der Waals surface area contributed by atoms with Crippen LogP contribution in [0.1, 0.15) is 51.1 Å². The van der Waals surface area contributed by atoms with Gasteiger partial charge in [-0.05, 0) is 19.4 Å². The zero-order valence-corrected chi connectivity index (χ0v) is 13.6. The summed E-state index contributed by atoms with van der Waals surface area (Å²) >= 11 is 0. The van der Waals surface area contributed by atoms with Gasteiger partial charge in [-0.1, -0.05) is 13.8 Å². The number of rotatable bonds is 8. The number of ether oxygens (including phenoxy) is 2. The quantitative estimate of drug-likeness (QED) is 0.800. The number of nitrogens with zero attached hydrogens (tertiary/aromatic N) is 2. The summed E-state index contributed by atoms with van der Waals surface area (Å²) < 4.78 is 13.5. The molecule has 2 rings (SSSR count). The summed E-state index contributed by atoms with van der Waals surface area (Å²) in [4.78, 5) is 0. The Bertz CT molecular complexity index is 413. The van der Waals surface area contributed by atoms with Crippen LogP contribution >= 0.6 is 0 Å². The van der Waals surface area contributed by atoms with Crippen LogP contribution in [-0.2, 0) is 16.0 Å². The minimum absolute atomic E-state index is 0.178. The van der Waals surface area contributed by atoms with E-state index in [2.05, 4.69) is 30.5 Å². The topological polar surface area (TPSA) is 48.3 Å². The lowest BCUT2D eigenvalue weighted by molar-refractivity contribution is -0.111. The van der Waals surface area contributed by atoms with E-state index in [1.54, 1.807) is 0 Å². The van der Waals surface area contributed by atoms with Crippen molar-refractivity contribution in [2.45, 2.75) is 57.7 Å². The second kappa shape index (κ2) is 7.92. The summed E-state index contributed by atoms with van der Waals surface area (Å²) in [5.74, 6) is 0. The van der Waals surface area contributed by atoms with Crippen LogP contribution in [0.4, 0.5) is 0 Å². The Morgan fingerprint density at radius 1 is 1.38 bits per heavy atom. The molecule has 0 bridgehead atoms. The highest BCUT2D eigenvalue weighted by molar-refractivity contribution is 5.17. The molecular weight excluding hydrogens is 266 g/mol. The Labute approximate surface area is 128 Å². The molecule has 0 amide bonds. The summed E-state index contributed by atoms with van der Waals surface area (Å²) in [6.07, 6.45) is 8.19. The Morgan fingerprint density at radius 3 is 2.76 bits per heavy atom. The van der Waals surface area contributed by atoms with E-state index in [0.29, 0.717) is 0 Å². The van der Waals surface area contributed by atoms with Crippen molar-refractivity contribution in [1.82, 2.24) is 15.1 Å². The number of methoxy groups -OCH3 is 1. The maximum atomic E-state index is 5.98. The third-order valence-electron chi connectivity index (χ3n) is 4.31. The first-order chi connectivity index (χ1) is 10.3. The van der Waals surface area contributed by atoms with Gasteiger partial charge in [0.05, 0.1) is 17.8 Å². The predicted molar refractivity (Wildman–Crippen MR) is 83.3 cm³/mol. The smallest absolute Gasteiger partial charge is 0.0917 e. The number of aryl methyl sites for hydroxylation is 1. The van der Waals surface area contributed by atoms with E-state index in [-0.39, 0.29) is 11.6 Å². The molecule has 1 aromatic heterocycles. The van der Waals surface area contributed by atoms with Gasteiger partial charge in [0.15, 0.2) is 0 Å². The molecular formula is C16H29N3O2. The van der Waals surface area contributed by atoms with E-state index in [1.807, 2.05) is 18.0 Å². The van der Waals surface area contributed by atoms with Gasteiger partial charge in [0.25, 0.3) is 0 Å². The number of hydrogen-bond acceptors (Lipinski definition) is 4. The van der Waals surface area contributed by atoms with Crippen molar-refractivity contribution in [2.24, 2.45) is 0 Å². The van der Waals surface area contributed by atoms with Crippen molar-refractivity contribution < 1.29 is 9.47 Å². The van der Waals surface area contributed by atoms with Crippen molar-refractivity contribution in [2.75, 3.05) is 26.9 Å². The molecule has 5 heteroatoms. The number of aromatic nitrogens is 2. The second-order valence-corrected chi connectivity index (χ2v) is 5.81. The second-order valence-electron chi connectivity index (χ2n) is 5.81. The summed E-state index contributed by atoms with van der Waals surface area (Å²) in [6.45, 7) is 7.83. The molecule has 0 spiro atoms. The molecule has 2 heterocycles. The molecule has 1 saturated heterocycles. The van der Waals surface area contributed by atoms with E-state index >= 15 is 0 Å². The lowest BCUT2D eigenvalue weighted by atomic mass is 9.83. The van der Waals surface area contributed by atoms with E-state index in [9.17, 15) is 0 Å². The van der Waals surface area contributed by atoms with Crippen LogP contribution in [0.25, 0.3) is 0 Å². The summed E-state index contributed by atoms with van der Waals surface area (Å²) in [5, 5.41) is 8.15. The number of nitrogens with one attached hydrogen (secondary N) is 1. The maximum absolute atomic E-state index is 5.98. The SMILES string of the molecule is CCCNC(c1cnn(CCC)c1)C1(OC)CCOCC1. The molecule has 0 aromatic carbocycles. The fraction of sp³-hybridized carbons (Fsp3) is 0.812. The standard InChI is InChI=1S/C16H29N3O2/c1-4-8-17-15(14-12-18-19(13-14)9-5-2)16(20-3)6-10-21-11-7-16/h12-13,15,17H,4-11H2,1-3H3. The first-order valence-electron chi connectivity index (χ1n) is 8.14. The van der Waals surface area contributed by atoms with Gasteiger partial charge in [-0.25, -0.2) is 0 Å². The van der Waals surface area contributed by atoms with Crippen LogP contribution in [0.5, 0.6) is 0 Å². The third kappa shape index (κ3) is 3.84. The van der Waals surface area contributed by atoms with Gasteiger partial charge in [-0.15, -0.1) is 0 Å². The van der Waals surface area contributed by atoms with Crippen molar-refractivity contribution >= 4 is 0 Å². The summed E-state index contributed by atoms with van der Waals surface area (Å²) in [6, 6.07) is 0.178. The molecule has 1 N–H and O–H groups in total. The monoisotopic (exact) mass is 295 g/mol. The van der Waals surface area contributed by atoms with Crippen LogP contribution in [0.2, 0.25) is 0 Å². The molecule has 0 radical (unpaired) electrons. The fourth-order valence-corrected chi connectivity index (χ4v) is 3.10. The molecule has 5 nitrogen and oxygen atoms in total. The largest absolute Gasteiger partial charge is 0.381 e. The Balaban J connectivity index is 2.22. The highest BCUT2D eigenvalue weighted by atomic mass is 16.5. The predicted octanol–water partition coefficient (Wildman–Crippen LogP) is 2.53. The van der Waals surface area contributed by atoms with E-state index < -0.39 is 0 Å². The van der Waals surface area contributed by atoms with Crippen LogP contribution in [0.15, 0.2) is 12.4 Å². The normalized spacial score (nSPS) is 19.6. The van der Waals surface area contributed by atoms with Gasteiger partial charge < -0.3 is 14.8 Å². The molecule has 1 fully saturated rings. The van der Waals surface area contributed by atoms with Gasteiger partial charge in [-0.2, -0.15) is 5.10 Å². The van der Waals surface area contributed by atoms with E-state index in [0.717, 1.165) is 52.0 Å². The van der Waals surface area contributed by atoms with Crippen LogP contribution in [0, 0.1) is 0 Å². The van der Waals surface area contributed by atoms with Gasteiger partial charge >= 0.3 is 0 Å². The van der Waals surface area contributed by atoms with Gasteiger partial charge in [0.2, 0.25) is 0 Å². The van der Waals surface area contributed by atoms with E-state index in [4.69, 9.17) is 9.47 Å². The fourth-order valence-electron chi connectivity index (χ4n) is 3.10. The maximum Gasteiger partial charge on any atom is 0.0917 e. The molecule has 1 unspecified atom stereocenters. The summed E-state index contributed by atoms with van der Waals surface area (Å²) in [7, 11) is 1.82. The zero-order valence-electron chi connectivity index (χ0n) is 13.6. The molecule has 120 valence electrons. The van der Waals surface area contributed by atoms with E-state index in [1.165, 1.54) is 5.56 Å². The van der Waals surface area contributed by atoms with Crippen LogP contribution in [0.3, 0.4) is 0 Å². The van der Waals surface area contributed by atoms with Gasteiger partial charge in [0, 0.05) is 51.5 Å². The molecule has 1 atom stereocenters. The molecule has 1 aliphatic rings. The van der Waals surface area contributed by atoms with Crippen LogP contribution in [-0.4, -0.2) is 42.2 Å². The first-order valence-corrected chi connectivity index (χ1v) is 8.14. The Hall–Kier alpha value is -0.910. The average molecular weight is 295 g/mol. The van der Waals surface area contributed by atoms with Crippen molar-refractivity contribution in [3.8, 4) is 0 Å². The minimum atomic E-state index is -0.187. The van der Waals surface area contributed by atoms with Gasteiger partial charge in [0.1, 0.15) is 0 Å². The molecule has 21 heavy (non-hydrogen) atoms. The summed E-state index contributed by atoms with van der Waals surface area (Å²) in [5.41, 5.74) is 1.04. The number of hydrogen-bond donors (Lipinski definition) is 1. The lowest BCUT2D eigenvalue weighted by Gasteiger charge is -2.42. The first kappa shape index (κ1) is 16.5. The highest BCUT2D eigenvalue weighted by Gasteiger charge is 2.41. The Morgan fingerprint density at radius 2 is 2.14 bits per heavy atom. The highest BCUT2D eigenvalue weighted by Crippen LogP contribution is 2.37. The Kier molecular flexibility index (Phi) is 6.21. The lowest BCUT2D eigenvalue weighted by Crippen LogP contribution is -2.49. The zero-order chi connectivity index (χ0) is 15.1. The van der Waals surface area contributed by atoms with Crippen molar-refractivity contribution in [3.63, 3.8) is 0 Å². The van der Waals surface area contributed by atoms with Gasteiger partial charge in [-0.3, -0.25) is 4.68 Å². The molecule has 1 aliphatic heterocycles. The van der Waals surface area contributed by atoms with Crippen molar-refractivity contribution in [1.29, 1.82) is 0 Å². The molecule has 0 aliphatic carbocycles. The third-order valence-corrected chi connectivity index (χ3v) is 4.31. The van der Waals surface area contributed by atoms with Crippen LogP contribution < -0.4 is 5.32 Å². The molecule has 0 saturated carbocycles. The minimum Gasteiger partial charge on any atom is -0.381 e. The average Bonchev–Trinajstić information content (AvgIpc) is 2.97.